The highest BCUT2D eigenvalue weighted by atomic mass is 32.2. The van der Waals surface area contributed by atoms with Gasteiger partial charge in [-0.25, -0.2) is 4.39 Å². The number of H-pyrrole nitrogens is 1. The molecule has 0 spiro atoms. The Morgan fingerprint density at radius 2 is 2.10 bits per heavy atom. The summed E-state index contributed by atoms with van der Waals surface area (Å²) in [5, 5.41) is 5.36. The normalized spacial score (nSPS) is 23.9. The maximum absolute atomic E-state index is 14.2. The first-order chi connectivity index (χ1) is 14.1. The van der Waals surface area contributed by atoms with Crippen molar-refractivity contribution in [2.24, 2.45) is 4.99 Å². The molecular weight excluding hydrogens is 387 g/mol. The van der Waals surface area contributed by atoms with Gasteiger partial charge in [-0.3, -0.25) is 9.79 Å². The predicted octanol–water partition coefficient (Wildman–Crippen LogP) is 4.53. The monoisotopic (exact) mass is 414 g/mol. The molecule has 3 aliphatic rings. The van der Waals surface area contributed by atoms with Crippen LogP contribution in [-0.4, -0.2) is 51.3 Å². The Morgan fingerprint density at radius 1 is 1.28 bits per heavy atom. The summed E-state index contributed by atoms with van der Waals surface area (Å²) < 4.78 is 14.2. The van der Waals surface area contributed by atoms with Gasteiger partial charge in [0, 0.05) is 30.1 Å². The van der Waals surface area contributed by atoms with Crippen LogP contribution in [0.1, 0.15) is 51.1 Å². The van der Waals surface area contributed by atoms with Crippen molar-refractivity contribution in [2.75, 3.05) is 17.6 Å². The number of rotatable bonds is 5. The largest absolute Gasteiger partial charge is 0.381 e. The summed E-state index contributed by atoms with van der Waals surface area (Å²) in [6, 6.07) is 5.83. The minimum atomic E-state index is -0.219. The average molecular weight is 415 g/mol. The second-order valence-electron chi connectivity index (χ2n) is 8.47. The Kier molecular flexibility index (Phi) is 5.02. The van der Waals surface area contributed by atoms with Gasteiger partial charge in [0.1, 0.15) is 10.9 Å². The predicted molar refractivity (Wildman–Crippen MR) is 117 cm³/mol. The Hall–Kier alpha value is -2.02. The summed E-state index contributed by atoms with van der Waals surface area (Å²) in [7, 11) is 0. The fraction of sp³-hybridized carbons (Fsp3) is 0.545. The Balaban J connectivity index is 1.41. The van der Waals surface area contributed by atoms with Gasteiger partial charge >= 0.3 is 0 Å². The van der Waals surface area contributed by atoms with Gasteiger partial charge in [0.05, 0.1) is 29.0 Å². The van der Waals surface area contributed by atoms with E-state index in [-0.39, 0.29) is 23.8 Å². The van der Waals surface area contributed by atoms with Crippen LogP contribution in [0.4, 0.5) is 10.1 Å². The van der Waals surface area contributed by atoms with Crippen molar-refractivity contribution in [3.8, 4) is 0 Å². The van der Waals surface area contributed by atoms with Crippen molar-refractivity contribution in [1.82, 2.24) is 9.88 Å². The zero-order valence-corrected chi connectivity index (χ0v) is 17.5. The first kappa shape index (κ1) is 19.0. The number of aromatic amines is 1. The van der Waals surface area contributed by atoms with Gasteiger partial charge in [-0.1, -0.05) is 12.8 Å². The van der Waals surface area contributed by atoms with Gasteiger partial charge in [-0.15, -0.1) is 11.8 Å². The third kappa shape index (κ3) is 3.65. The highest BCUT2D eigenvalue weighted by molar-refractivity contribution is 8.14. The number of anilines is 1. The maximum Gasteiger partial charge on any atom is 0.222 e. The highest BCUT2D eigenvalue weighted by Gasteiger charge is 2.33. The van der Waals surface area contributed by atoms with E-state index in [0.29, 0.717) is 12.5 Å². The van der Waals surface area contributed by atoms with Gasteiger partial charge < -0.3 is 15.2 Å². The van der Waals surface area contributed by atoms with E-state index in [1.54, 1.807) is 23.9 Å². The van der Waals surface area contributed by atoms with Crippen LogP contribution in [0.25, 0.3) is 10.9 Å². The molecule has 154 valence electrons. The summed E-state index contributed by atoms with van der Waals surface area (Å²) in [6.07, 6.45) is 6.36. The molecule has 1 saturated heterocycles. The summed E-state index contributed by atoms with van der Waals surface area (Å²) in [4.78, 5) is 22.5. The van der Waals surface area contributed by atoms with Crippen molar-refractivity contribution in [1.29, 1.82) is 0 Å². The number of aromatic nitrogens is 1. The molecule has 2 atom stereocenters. The van der Waals surface area contributed by atoms with E-state index in [2.05, 4.69) is 17.2 Å². The van der Waals surface area contributed by atoms with Gasteiger partial charge in [-0.05, 0) is 44.4 Å². The Labute approximate surface area is 174 Å². The minimum Gasteiger partial charge on any atom is -0.381 e. The zero-order valence-electron chi connectivity index (χ0n) is 16.7. The van der Waals surface area contributed by atoms with Crippen LogP contribution in [0, 0.1) is 5.82 Å². The molecule has 29 heavy (non-hydrogen) atoms. The smallest absolute Gasteiger partial charge is 0.222 e. The minimum absolute atomic E-state index is 0.108. The number of carbonyl (C=O) groups excluding carboxylic acids is 1. The van der Waals surface area contributed by atoms with Crippen LogP contribution in [0.5, 0.6) is 0 Å². The number of aliphatic imine (C=N–C) groups is 1. The average Bonchev–Trinajstić information content (AvgIpc) is 3.47. The molecule has 0 radical (unpaired) electrons. The number of halogens is 1. The van der Waals surface area contributed by atoms with Crippen LogP contribution in [0.2, 0.25) is 0 Å². The van der Waals surface area contributed by atoms with E-state index in [9.17, 15) is 9.18 Å². The molecule has 5 rings (SSSR count). The van der Waals surface area contributed by atoms with Gasteiger partial charge in [0.25, 0.3) is 0 Å². The molecule has 3 heterocycles. The van der Waals surface area contributed by atoms with Crippen molar-refractivity contribution in [2.45, 2.75) is 63.6 Å². The van der Waals surface area contributed by atoms with E-state index in [0.717, 1.165) is 58.9 Å². The molecule has 2 aromatic rings. The summed E-state index contributed by atoms with van der Waals surface area (Å²) in [6.45, 7) is 2.94. The van der Waals surface area contributed by atoms with Gasteiger partial charge in [-0.2, -0.15) is 0 Å². The van der Waals surface area contributed by atoms with Crippen LogP contribution in [0.3, 0.4) is 0 Å². The molecule has 7 heteroatoms. The number of amides is 1. The number of nitrogens with zero attached hydrogens (tertiary/aromatic N) is 2. The Morgan fingerprint density at radius 3 is 2.86 bits per heavy atom. The summed E-state index contributed by atoms with van der Waals surface area (Å²) in [5.41, 5.74) is 2.73. The third-order valence-electron chi connectivity index (χ3n) is 6.47. The number of hydrogen-bond donors (Lipinski definition) is 2. The lowest BCUT2D eigenvalue weighted by Crippen LogP contribution is -2.41. The fourth-order valence-corrected chi connectivity index (χ4v) is 5.98. The van der Waals surface area contributed by atoms with Gasteiger partial charge in [0.2, 0.25) is 5.91 Å². The number of nitrogens with one attached hydrogen (secondary N) is 2. The molecule has 2 fully saturated rings. The topological polar surface area (TPSA) is 60.5 Å². The van der Waals surface area contributed by atoms with E-state index < -0.39 is 0 Å². The first-order valence-electron chi connectivity index (χ1n) is 10.7. The molecule has 0 bridgehead atoms. The van der Waals surface area contributed by atoms with Gasteiger partial charge in [0.15, 0.2) is 0 Å². The Bertz CT molecular complexity index is 965. The molecule has 5 nitrogen and oxygen atoms in total. The van der Waals surface area contributed by atoms with Crippen LogP contribution >= 0.6 is 11.8 Å². The summed E-state index contributed by atoms with van der Waals surface area (Å²) in [5.74, 6) is 0.899. The molecule has 1 unspecified atom stereocenters. The number of carbonyl (C=O) groups is 1. The lowest BCUT2D eigenvalue weighted by molar-refractivity contribution is -0.129. The van der Waals surface area contributed by atoms with Crippen molar-refractivity contribution < 1.29 is 9.18 Å². The number of fused-ring (bicyclic) bond motifs is 1. The quantitative estimate of drug-likeness (QED) is 0.755. The number of hydrogen-bond acceptors (Lipinski definition) is 4. The van der Waals surface area contributed by atoms with Crippen molar-refractivity contribution in [3.63, 3.8) is 0 Å². The molecule has 1 aromatic carbocycles. The summed E-state index contributed by atoms with van der Waals surface area (Å²) >= 11 is 1.72. The second-order valence-corrected chi connectivity index (χ2v) is 9.48. The van der Waals surface area contributed by atoms with E-state index >= 15 is 0 Å². The highest BCUT2D eigenvalue weighted by Crippen LogP contribution is 2.33. The van der Waals surface area contributed by atoms with E-state index in [1.807, 2.05) is 11.0 Å². The molecule has 1 aliphatic carbocycles. The SMILES string of the molecule is CC([C@@H]1CSC(c2cc3cc(F)cc(NC4CCCC4)c3[nH]2)=N1)N1CCCC1=O. The molecule has 1 amide bonds. The maximum atomic E-state index is 14.2. The molecule has 1 saturated carbocycles. The van der Waals surface area contributed by atoms with Crippen LogP contribution in [0.15, 0.2) is 23.2 Å². The number of thioether (sulfide) groups is 1. The fourth-order valence-electron chi connectivity index (χ4n) is 4.82. The molecule has 2 N–H and O–H groups in total. The van der Waals surface area contributed by atoms with E-state index in [4.69, 9.17) is 4.99 Å². The number of likely N-dealkylation sites (tertiary alicyclic amines) is 1. The lowest BCUT2D eigenvalue weighted by Gasteiger charge is -2.27. The van der Waals surface area contributed by atoms with Crippen molar-refractivity contribution >= 4 is 39.3 Å². The second kappa shape index (κ2) is 7.67. The molecule has 2 aliphatic heterocycles. The molecule has 1 aromatic heterocycles. The molecular formula is C22H27FN4OS. The number of benzene rings is 1. The zero-order chi connectivity index (χ0) is 20.0. The standard InChI is InChI=1S/C22H27FN4OS/c1-13(27-8-4-7-20(27)28)19-12-29-22(26-19)18-10-14-9-15(23)11-17(21(14)25-18)24-16-5-2-3-6-16/h9-11,13,16,19,24-25H,2-8,12H2,1H3/t13?,19-/m0/s1. The lowest BCUT2D eigenvalue weighted by atomic mass is 10.1. The third-order valence-corrected chi connectivity index (χ3v) is 7.58. The van der Waals surface area contributed by atoms with Crippen molar-refractivity contribution in [3.05, 3.63) is 29.7 Å². The first-order valence-corrected chi connectivity index (χ1v) is 11.7. The van der Waals surface area contributed by atoms with Crippen LogP contribution < -0.4 is 5.32 Å². The van der Waals surface area contributed by atoms with Crippen LogP contribution in [-0.2, 0) is 4.79 Å². The van der Waals surface area contributed by atoms with E-state index in [1.165, 1.54) is 12.8 Å².